The second-order valence-electron chi connectivity index (χ2n) is 3.99. The Morgan fingerprint density at radius 2 is 2.13 bits per heavy atom. The van der Waals surface area contributed by atoms with Crippen LogP contribution < -0.4 is 11.6 Å². The first-order valence-corrected chi connectivity index (χ1v) is 5.94. The van der Waals surface area contributed by atoms with E-state index in [1.807, 2.05) is 17.5 Å². The van der Waals surface area contributed by atoms with Crippen LogP contribution in [0.25, 0.3) is 5.70 Å². The van der Waals surface area contributed by atoms with Gasteiger partial charge in [-0.2, -0.15) is 0 Å². The number of nitrogens with zero attached hydrogens (tertiary/aromatic N) is 1. The molecule has 0 bridgehead atoms. The van der Waals surface area contributed by atoms with Gasteiger partial charge in [0.25, 0.3) is 0 Å². The smallest absolute Gasteiger partial charge is 0.0665 e. The summed E-state index contributed by atoms with van der Waals surface area (Å²) in [5.41, 5.74) is 6.65. The summed E-state index contributed by atoms with van der Waals surface area (Å²) in [6.07, 6.45) is 1.80. The van der Waals surface area contributed by atoms with Crippen LogP contribution in [0.3, 0.4) is 0 Å². The molecule has 0 amide bonds. The quantitative estimate of drug-likeness (QED) is 0.610. The maximum absolute atomic E-state index is 5.93. The highest BCUT2D eigenvalue weighted by Gasteiger charge is 2.11. The van der Waals surface area contributed by atoms with Crippen LogP contribution in [0.4, 0.5) is 0 Å². The molecule has 0 aliphatic carbocycles. The largest absolute Gasteiger partial charge is 0.396 e. The number of hydrazine groups is 1. The van der Waals surface area contributed by atoms with Crippen molar-refractivity contribution in [3.8, 4) is 0 Å². The minimum Gasteiger partial charge on any atom is -0.396 e. The van der Waals surface area contributed by atoms with Crippen LogP contribution in [0.5, 0.6) is 0 Å². The molecular formula is C11H19N3S. The van der Waals surface area contributed by atoms with E-state index < -0.39 is 0 Å². The molecule has 0 aliphatic rings. The Labute approximate surface area is 95.3 Å². The highest BCUT2D eigenvalue weighted by Crippen LogP contribution is 2.17. The van der Waals surface area contributed by atoms with Crippen molar-refractivity contribution < 1.29 is 0 Å². The van der Waals surface area contributed by atoms with Gasteiger partial charge in [0.15, 0.2) is 0 Å². The van der Waals surface area contributed by atoms with Gasteiger partial charge in [-0.1, -0.05) is 19.9 Å². The van der Waals surface area contributed by atoms with E-state index in [9.17, 15) is 0 Å². The molecule has 1 aromatic heterocycles. The van der Waals surface area contributed by atoms with Crippen molar-refractivity contribution in [1.82, 2.24) is 5.01 Å². The zero-order valence-corrected chi connectivity index (χ0v) is 10.3. The molecule has 0 spiro atoms. The summed E-state index contributed by atoms with van der Waals surface area (Å²) < 4.78 is 0. The third-order valence-corrected chi connectivity index (χ3v) is 3.45. The molecule has 0 radical (unpaired) electrons. The number of hydrogen-bond acceptors (Lipinski definition) is 4. The van der Waals surface area contributed by atoms with E-state index in [4.69, 9.17) is 11.6 Å². The van der Waals surface area contributed by atoms with Gasteiger partial charge in [0.1, 0.15) is 0 Å². The summed E-state index contributed by atoms with van der Waals surface area (Å²) in [7, 11) is 0. The Bertz CT molecular complexity index is 317. The molecule has 0 saturated heterocycles. The van der Waals surface area contributed by atoms with Crippen LogP contribution in [0.2, 0.25) is 0 Å². The second-order valence-corrected chi connectivity index (χ2v) is 4.94. The highest BCUT2D eigenvalue weighted by molar-refractivity contribution is 7.11. The maximum Gasteiger partial charge on any atom is 0.0665 e. The van der Waals surface area contributed by atoms with E-state index in [0.717, 1.165) is 10.6 Å². The standard InChI is InChI=1S/C11H19N3S/c1-8(2)9(3)14(13)7-10(12)11-5-4-6-15-11/h4-9H,12-13H2,1-3H3/b10-7-. The Morgan fingerprint density at radius 3 is 2.60 bits per heavy atom. The molecule has 1 atom stereocenters. The molecule has 0 saturated carbocycles. The monoisotopic (exact) mass is 225 g/mol. The Kier molecular flexibility index (Phi) is 4.17. The number of nitrogens with two attached hydrogens (primary N) is 2. The Hall–Kier alpha value is -1.000. The minimum absolute atomic E-state index is 0.281. The molecule has 4 N–H and O–H groups in total. The summed E-state index contributed by atoms with van der Waals surface area (Å²) in [5, 5.41) is 3.68. The first-order valence-electron chi connectivity index (χ1n) is 5.06. The second kappa shape index (κ2) is 5.19. The van der Waals surface area contributed by atoms with E-state index >= 15 is 0 Å². The van der Waals surface area contributed by atoms with Crippen LogP contribution in [0.15, 0.2) is 23.7 Å². The van der Waals surface area contributed by atoms with Crippen molar-refractivity contribution in [2.45, 2.75) is 26.8 Å². The normalized spacial score (nSPS) is 14.3. The van der Waals surface area contributed by atoms with E-state index in [-0.39, 0.29) is 6.04 Å². The van der Waals surface area contributed by atoms with Crippen molar-refractivity contribution in [1.29, 1.82) is 0 Å². The van der Waals surface area contributed by atoms with Gasteiger partial charge in [-0.3, -0.25) is 0 Å². The van der Waals surface area contributed by atoms with Gasteiger partial charge in [-0.05, 0) is 24.3 Å². The zero-order valence-electron chi connectivity index (χ0n) is 9.47. The molecule has 1 heterocycles. The maximum atomic E-state index is 5.93. The molecule has 1 aromatic rings. The number of hydrogen-bond donors (Lipinski definition) is 2. The van der Waals surface area contributed by atoms with Gasteiger partial charge in [-0.15, -0.1) is 11.3 Å². The van der Waals surface area contributed by atoms with Crippen molar-refractivity contribution in [3.63, 3.8) is 0 Å². The van der Waals surface area contributed by atoms with Crippen molar-refractivity contribution in [2.24, 2.45) is 17.5 Å². The van der Waals surface area contributed by atoms with Gasteiger partial charge in [0, 0.05) is 12.2 Å². The molecule has 4 heteroatoms. The summed E-state index contributed by atoms with van der Waals surface area (Å²) in [6, 6.07) is 4.25. The fourth-order valence-electron chi connectivity index (χ4n) is 1.13. The lowest BCUT2D eigenvalue weighted by atomic mass is 10.1. The molecule has 0 aliphatic heterocycles. The van der Waals surface area contributed by atoms with E-state index in [1.165, 1.54) is 0 Å². The first-order chi connectivity index (χ1) is 7.02. The van der Waals surface area contributed by atoms with Crippen LogP contribution >= 0.6 is 11.3 Å². The molecule has 0 fully saturated rings. The van der Waals surface area contributed by atoms with Crippen LogP contribution in [0, 0.1) is 5.92 Å². The van der Waals surface area contributed by atoms with Crippen LogP contribution in [0.1, 0.15) is 25.6 Å². The van der Waals surface area contributed by atoms with Gasteiger partial charge < -0.3 is 10.7 Å². The lowest BCUT2D eigenvalue weighted by molar-refractivity contribution is 0.243. The lowest BCUT2D eigenvalue weighted by Gasteiger charge is -2.26. The predicted molar refractivity (Wildman–Crippen MR) is 66.8 cm³/mol. The molecular weight excluding hydrogens is 206 g/mol. The minimum atomic E-state index is 0.281. The van der Waals surface area contributed by atoms with Crippen molar-refractivity contribution in [2.75, 3.05) is 0 Å². The van der Waals surface area contributed by atoms with Crippen molar-refractivity contribution in [3.05, 3.63) is 28.6 Å². The van der Waals surface area contributed by atoms with Gasteiger partial charge in [0.2, 0.25) is 0 Å². The molecule has 0 aromatic carbocycles. The van der Waals surface area contributed by atoms with E-state index in [0.29, 0.717) is 5.92 Å². The average Bonchev–Trinajstić information content (AvgIpc) is 2.68. The fraction of sp³-hybridized carbons (Fsp3) is 0.455. The van der Waals surface area contributed by atoms with Crippen LogP contribution in [-0.4, -0.2) is 11.1 Å². The van der Waals surface area contributed by atoms with E-state index in [2.05, 4.69) is 20.8 Å². The zero-order chi connectivity index (χ0) is 11.4. The third-order valence-electron chi connectivity index (χ3n) is 2.53. The molecule has 1 unspecified atom stereocenters. The van der Waals surface area contributed by atoms with Gasteiger partial charge >= 0.3 is 0 Å². The van der Waals surface area contributed by atoms with Gasteiger partial charge in [-0.25, -0.2) is 5.84 Å². The van der Waals surface area contributed by atoms with Gasteiger partial charge in [0.05, 0.1) is 10.6 Å². The Balaban J connectivity index is 2.71. The summed E-state index contributed by atoms with van der Waals surface area (Å²) >= 11 is 1.62. The first kappa shape index (κ1) is 12.1. The average molecular weight is 225 g/mol. The summed E-state index contributed by atoms with van der Waals surface area (Å²) in [4.78, 5) is 1.06. The number of rotatable bonds is 4. The lowest BCUT2D eigenvalue weighted by Crippen LogP contribution is -2.38. The number of thiophene rings is 1. The highest BCUT2D eigenvalue weighted by atomic mass is 32.1. The van der Waals surface area contributed by atoms with E-state index in [1.54, 1.807) is 22.5 Å². The molecule has 15 heavy (non-hydrogen) atoms. The SMILES string of the molecule is CC(C)C(C)N(N)/C=C(\N)c1cccs1. The predicted octanol–water partition coefficient (Wildman–Crippen LogP) is 2.23. The topological polar surface area (TPSA) is 55.3 Å². The Morgan fingerprint density at radius 1 is 1.47 bits per heavy atom. The summed E-state index contributed by atoms with van der Waals surface area (Å²) in [5.74, 6) is 6.41. The molecule has 1 rings (SSSR count). The summed E-state index contributed by atoms with van der Waals surface area (Å²) in [6.45, 7) is 6.36. The molecule has 3 nitrogen and oxygen atoms in total. The molecule has 84 valence electrons. The van der Waals surface area contributed by atoms with Crippen molar-refractivity contribution >= 4 is 17.0 Å². The third kappa shape index (κ3) is 3.25. The fourth-order valence-corrected chi connectivity index (χ4v) is 1.78. The van der Waals surface area contributed by atoms with Crippen LogP contribution in [-0.2, 0) is 0 Å².